The first-order valence-electron chi connectivity index (χ1n) is 9.90. The van der Waals surface area contributed by atoms with E-state index in [0.717, 1.165) is 29.8 Å². The minimum atomic E-state index is -0.162. The summed E-state index contributed by atoms with van der Waals surface area (Å²) in [4.78, 5) is 12.1. The maximum atomic E-state index is 12.1. The molecule has 0 aliphatic carbocycles. The van der Waals surface area contributed by atoms with Crippen molar-refractivity contribution in [2.45, 2.75) is 41.0 Å². The normalized spacial score (nSPS) is 17.7. The molecule has 4 heteroatoms. The molecule has 0 saturated heterocycles. The lowest BCUT2D eigenvalue weighted by molar-refractivity contribution is -0.111. The Bertz CT molecular complexity index is 884. The number of allylic oxidation sites excluding steroid dienone is 9. The van der Waals surface area contributed by atoms with Gasteiger partial charge in [-0.3, -0.25) is 4.79 Å². The first kappa shape index (κ1) is 22.8. The van der Waals surface area contributed by atoms with Crippen LogP contribution in [0.2, 0.25) is 5.02 Å². The van der Waals surface area contributed by atoms with Crippen molar-refractivity contribution in [2.24, 2.45) is 5.41 Å². The number of anilines is 1. The Labute approximate surface area is 179 Å². The Morgan fingerprint density at radius 2 is 1.83 bits per heavy atom. The number of hydrogen-bond donors (Lipinski definition) is 2. The summed E-state index contributed by atoms with van der Waals surface area (Å²) in [7, 11) is 0. The Morgan fingerprint density at radius 1 is 1.14 bits per heavy atom. The summed E-state index contributed by atoms with van der Waals surface area (Å²) in [5.74, 6) is -0.162. The Morgan fingerprint density at radius 3 is 2.48 bits per heavy atom. The van der Waals surface area contributed by atoms with Gasteiger partial charge >= 0.3 is 0 Å². The molecule has 1 aromatic carbocycles. The lowest BCUT2D eigenvalue weighted by Crippen LogP contribution is -2.31. The Hall–Kier alpha value is -2.52. The van der Waals surface area contributed by atoms with Crippen LogP contribution < -0.4 is 10.6 Å². The zero-order valence-corrected chi connectivity index (χ0v) is 18.7. The van der Waals surface area contributed by atoms with Gasteiger partial charge in [0.25, 0.3) is 0 Å². The number of halogens is 1. The number of nitrogens with one attached hydrogen (secondary N) is 2. The Balaban J connectivity index is 1.95. The number of hydrogen-bond acceptors (Lipinski definition) is 2. The predicted octanol–water partition coefficient (Wildman–Crippen LogP) is 6.58. The molecule has 1 aromatic rings. The molecule has 2 N–H and O–H groups in total. The molecule has 0 bridgehead atoms. The topological polar surface area (TPSA) is 41.1 Å². The third-order valence-corrected chi connectivity index (χ3v) is 5.23. The summed E-state index contributed by atoms with van der Waals surface area (Å²) >= 11 is 5.85. The van der Waals surface area contributed by atoms with Crippen molar-refractivity contribution in [3.8, 4) is 0 Å². The highest BCUT2D eigenvalue weighted by molar-refractivity contribution is 6.30. The van der Waals surface area contributed by atoms with Crippen LogP contribution >= 0.6 is 11.6 Å². The van der Waals surface area contributed by atoms with E-state index in [4.69, 9.17) is 11.6 Å². The highest BCUT2D eigenvalue weighted by Crippen LogP contribution is 2.35. The van der Waals surface area contributed by atoms with E-state index in [0.29, 0.717) is 5.02 Å². The average molecular weight is 411 g/mol. The molecular formula is C25H31ClN2O. The fourth-order valence-corrected chi connectivity index (χ4v) is 3.37. The molecule has 0 unspecified atom stereocenters. The van der Waals surface area contributed by atoms with Crippen molar-refractivity contribution in [2.75, 3.05) is 11.9 Å². The van der Waals surface area contributed by atoms with Crippen molar-refractivity contribution in [3.05, 3.63) is 88.2 Å². The predicted molar refractivity (Wildman–Crippen MR) is 125 cm³/mol. The lowest BCUT2D eigenvalue weighted by atomic mass is 9.77. The van der Waals surface area contributed by atoms with E-state index in [1.165, 1.54) is 11.3 Å². The van der Waals surface area contributed by atoms with Crippen LogP contribution in [0, 0.1) is 5.41 Å². The van der Waals surface area contributed by atoms with E-state index in [1.807, 2.05) is 25.2 Å². The van der Waals surface area contributed by atoms with Gasteiger partial charge in [0.05, 0.1) is 0 Å². The number of benzene rings is 1. The minimum absolute atomic E-state index is 0.162. The standard InChI is InChI=1S/C25H31ClN2O/c1-18(9-14-23-20(3)27-16-15-25(23,4)5)7-6-8-19(2)17-24(29)28-22-12-10-21(26)11-13-22/h6-14,17,27H,15-16H2,1-5H3,(H,28,29)/b8-6+,14-9+,18-7+,19-17+. The summed E-state index contributed by atoms with van der Waals surface area (Å²) in [5, 5.41) is 6.92. The van der Waals surface area contributed by atoms with Crippen LogP contribution in [-0.4, -0.2) is 12.5 Å². The first-order valence-corrected chi connectivity index (χ1v) is 10.3. The molecule has 2 rings (SSSR count). The van der Waals surface area contributed by atoms with Gasteiger partial charge in [-0.25, -0.2) is 0 Å². The maximum absolute atomic E-state index is 12.1. The van der Waals surface area contributed by atoms with Gasteiger partial charge in [-0.05, 0) is 68.0 Å². The van der Waals surface area contributed by atoms with Gasteiger partial charge in [-0.15, -0.1) is 0 Å². The number of carbonyl (C=O) groups is 1. The third-order valence-electron chi connectivity index (χ3n) is 4.97. The second-order valence-corrected chi connectivity index (χ2v) is 8.52. The fraction of sp³-hybridized carbons (Fsp3) is 0.320. The van der Waals surface area contributed by atoms with Crippen molar-refractivity contribution >= 4 is 23.2 Å². The molecule has 1 heterocycles. The molecule has 0 fully saturated rings. The molecule has 1 amide bonds. The van der Waals surface area contributed by atoms with Crippen LogP contribution in [-0.2, 0) is 4.79 Å². The lowest BCUT2D eigenvalue weighted by Gasteiger charge is -2.33. The molecular weight excluding hydrogens is 380 g/mol. The second kappa shape index (κ2) is 10.3. The van der Waals surface area contributed by atoms with Gasteiger partial charge in [-0.2, -0.15) is 0 Å². The quantitative estimate of drug-likeness (QED) is 0.411. The molecule has 29 heavy (non-hydrogen) atoms. The van der Waals surface area contributed by atoms with Crippen molar-refractivity contribution in [1.82, 2.24) is 5.32 Å². The largest absolute Gasteiger partial charge is 0.388 e. The zero-order chi connectivity index (χ0) is 21.4. The van der Waals surface area contributed by atoms with Crippen LogP contribution in [0.4, 0.5) is 5.69 Å². The van der Waals surface area contributed by atoms with Crippen molar-refractivity contribution in [3.63, 3.8) is 0 Å². The molecule has 1 aliphatic heterocycles. The van der Waals surface area contributed by atoms with Gasteiger partial charge in [0.2, 0.25) is 5.91 Å². The monoisotopic (exact) mass is 410 g/mol. The number of carbonyl (C=O) groups excluding carboxylic acids is 1. The average Bonchev–Trinajstić information content (AvgIpc) is 2.62. The molecule has 0 saturated carbocycles. The summed E-state index contributed by atoms with van der Waals surface area (Å²) in [6.45, 7) is 11.7. The van der Waals surface area contributed by atoms with Crippen LogP contribution in [0.1, 0.15) is 41.0 Å². The maximum Gasteiger partial charge on any atom is 0.248 e. The summed E-state index contributed by atoms with van der Waals surface area (Å²) in [5.41, 5.74) is 5.56. The molecule has 3 nitrogen and oxygen atoms in total. The van der Waals surface area contributed by atoms with E-state index in [9.17, 15) is 4.79 Å². The number of amides is 1. The fourth-order valence-electron chi connectivity index (χ4n) is 3.24. The molecule has 0 spiro atoms. The van der Waals surface area contributed by atoms with Crippen LogP contribution in [0.3, 0.4) is 0 Å². The smallest absolute Gasteiger partial charge is 0.248 e. The zero-order valence-electron chi connectivity index (χ0n) is 18.0. The van der Waals surface area contributed by atoms with E-state index in [1.54, 1.807) is 30.3 Å². The molecule has 0 aromatic heterocycles. The summed E-state index contributed by atoms with van der Waals surface area (Å²) in [6.07, 6.45) is 13.0. The van der Waals surface area contributed by atoms with Gasteiger partial charge in [0, 0.05) is 29.0 Å². The molecule has 0 atom stereocenters. The van der Waals surface area contributed by atoms with Crippen molar-refractivity contribution in [1.29, 1.82) is 0 Å². The first-order chi connectivity index (χ1) is 13.7. The van der Waals surface area contributed by atoms with Crippen LogP contribution in [0.15, 0.2) is 83.1 Å². The van der Waals surface area contributed by atoms with E-state index in [-0.39, 0.29) is 11.3 Å². The number of rotatable bonds is 6. The van der Waals surface area contributed by atoms with Crippen molar-refractivity contribution < 1.29 is 4.79 Å². The molecule has 0 radical (unpaired) electrons. The SMILES string of the molecule is CC1=C(/C=C/C(C)=C/C=C/C(C)=C/C(=O)Nc2ccc(Cl)cc2)C(C)(C)CCN1. The summed E-state index contributed by atoms with van der Waals surface area (Å²) in [6, 6.07) is 7.05. The van der Waals surface area contributed by atoms with E-state index in [2.05, 4.69) is 50.5 Å². The van der Waals surface area contributed by atoms with Crippen LogP contribution in [0.5, 0.6) is 0 Å². The highest BCUT2D eigenvalue weighted by atomic mass is 35.5. The van der Waals surface area contributed by atoms with Gasteiger partial charge in [-0.1, -0.05) is 61.4 Å². The second-order valence-electron chi connectivity index (χ2n) is 8.09. The van der Waals surface area contributed by atoms with Crippen LogP contribution in [0.25, 0.3) is 0 Å². The Kier molecular flexibility index (Phi) is 8.10. The molecule has 154 valence electrons. The van der Waals surface area contributed by atoms with E-state index < -0.39 is 0 Å². The summed E-state index contributed by atoms with van der Waals surface area (Å²) < 4.78 is 0. The highest BCUT2D eigenvalue weighted by Gasteiger charge is 2.26. The third kappa shape index (κ3) is 7.43. The minimum Gasteiger partial charge on any atom is -0.388 e. The van der Waals surface area contributed by atoms with Gasteiger partial charge in [0.15, 0.2) is 0 Å². The van der Waals surface area contributed by atoms with Gasteiger partial charge < -0.3 is 10.6 Å². The van der Waals surface area contributed by atoms with Gasteiger partial charge in [0.1, 0.15) is 0 Å². The molecule has 1 aliphatic rings. The van der Waals surface area contributed by atoms with E-state index >= 15 is 0 Å².